The third-order valence-electron chi connectivity index (χ3n) is 23.2. The zero-order valence-electron chi connectivity index (χ0n) is 67.6. The molecule has 0 atom stereocenters. The van der Waals surface area contributed by atoms with Gasteiger partial charge in [0, 0.05) is 0 Å². The number of rotatable bonds is 90. The Morgan fingerprint density at radius 2 is 0.168 bits per heavy atom. The van der Waals surface area contributed by atoms with Crippen LogP contribution in [0.15, 0.2) is 0 Å². The molecule has 0 bridgehead atoms. The molecule has 0 unspecified atom stereocenters. The van der Waals surface area contributed by atoms with Gasteiger partial charge >= 0.3 is 240 Å². The van der Waals surface area contributed by atoms with Gasteiger partial charge < -0.3 is 0 Å². The van der Waals surface area contributed by atoms with Crippen molar-refractivity contribution in [2.45, 2.75) is 602 Å². The number of hydrogen-bond acceptors (Lipinski definition) is 0. The molecule has 0 aliphatic rings. The Bertz CT molecular complexity index is 1120. The molecule has 0 saturated heterocycles. The normalized spacial score (nSPS) is 12.0. The monoisotopic (exact) mass is 1530 g/mol. The third-order valence-corrected chi connectivity index (χ3v) is 25.8. The molecule has 0 heterocycles. The van der Waals surface area contributed by atoms with Crippen LogP contribution in [0.4, 0.5) is 0 Å². The van der Waals surface area contributed by atoms with Gasteiger partial charge in [-0.15, -0.1) is 0 Å². The van der Waals surface area contributed by atoms with E-state index >= 15 is 0 Å². The maximum atomic E-state index is 2.32. The van der Waals surface area contributed by atoms with Crippen molar-refractivity contribution >= 4 is 24.7 Å². The molecule has 0 saturated carbocycles. The minimum absolute atomic E-state index is 0.712. The first kappa shape index (κ1) is 95.9. The summed E-state index contributed by atoms with van der Waals surface area (Å²) in [6.07, 6.45) is 134. The minimum Gasteiger partial charge on any atom is -0.0654 e. The molecular weight excluding hydrogens is 1340 g/mol. The molecule has 1 heteroatoms. The summed E-state index contributed by atoms with van der Waals surface area (Å²) < 4.78 is 0.712. The van der Waals surface area contributed by atoms with Crippen molar-refractivity contribution in [1.29, 1.82) is 0 Å². The van der Waals surface area contributed by atoms with Crippen LogP contribution in [0.2, 0.25) is 3.12 Å². The van der Waals surface area contributed by atoms with E-state index in [9.17, 15) is 0 Å². The summed E-state index contributed by atoms with van der Waals surface area (Å²) in [6, 6.07) is 0. The Labute approximate surface area is 622 Å². The van der Waals surface area contributed by atoms with E-state index in [4.69, 9.17) is 0 Å². The van der Waals surface area contributed by atoms with Crippen LogP contribution in [0.1, 0.15) is 599 Å². The van der Waals surface area contributed by atoms with Crippen molar-refractivity contribution in [1.82, 2.24) is 0 Å². The molecular formula is C94H189Bi+2. The van der Waals surface area contributed by atoms with Crippen LogP contribution in [0.3, 0.4) is 0 Å². The maximum absolute atomic E-state index is 2.32. The van der Waals surface area contributed by atoms with Crippen LogP contribution in [-0.2, 0) is 0 Å². The fraction of sp³-hybridized carbons (Fsp3) is 1.00. The zero-order chi connectivity index (χ0) is 68.1. The molecule has 0 nitrogen and oxygen atoms in total. The summed E-state index contributed by atoms with van der Waals surface area (Å²) in [5.41, 5.74) is 0. The summed E-state index contributed by atoms with van der Waals surface area (Å²) in [5, 5.41) is 0. The number of unbranched alkanes of at least 4 members (excludes halogenated alkanes) is 84. The Balaban J connectivity index is 4.09. The average Bonchev–Trinajstić information content (AvgIpc) is 3.74. The van der Waals surface area contributed by atoms with E-state index in [0.717, 1.165) is 0 Å². The van der Waals surface area contributed by atoms with Gasteiger partial charge in [-0.25, -0.2) is 0 Å². The molecule has 2 radical (unpaired) electrons. The van der Waals surface area contributed by atoms with Crippen LogP contribution in [0.5, 0.6) is 0 Å². The van der Waals surface area contributed by atoms with Gasteiger partial charge in [-0.05, 0) is 0 Å². The molecule has 0 aliphatic heterocycles. The number of hydrogen-bond donors (Lipinski definition) is 0. The zero-order valence-corrected chi connectivity index (χ0v) is 71.1. The van der Waals surface area contributed by atoms with E-state index in [2.05, 4.69) is 20.8 Å². The molecule has 95 heavy (non-hydrogen) atoms. The van der Waals surface area contributed by atoms with Crippen molar-refractivity contribution in [3.05, 3.63) is 0 Å². The van der Waals surface area contributed by atoms with Crippen molar-refractivity contribution in [3.8, 4) is 0 Å². The van der Waals surface area contributed by atoms with Crippen LogP contribution in [0.25, 0.3) is 0 Å². The SMILES string of the molecule is CCCCCCCCCCCCCCCCCCCCCCCCCCCCCCC[C]([Bi+2])(CCCCCCCCCCCCCCCCCCCCCCCCCCCCCCC)CCCCCCCCCCCCCCCCCCCCCCCCCCCCCCC. The first-order valence-corrected chi connectivity index (χ1v) is 48.6. The standard InChI is InChI=1S/C94H189.Bi/c1-4-7-10-13-16-19-22-25-28-31-34-37-40-43-46-49-52-55-58-61-64-67-70-73-76-79-82-85-88-91-94(92-89-86-83-80-77-74-71-68-65-62-59-56-53-50-47-44-41-38-35-32-29-26-23-20-17-14-11-8-5-2)93-90-87-84-81-78-75-72-69-66-63-60-57-54-51-48-45-42-39-36-33-30-27-24-21-18-15-12-9-6-3;/h4-93H2,1-3H3;/q;+2. The summed E-state index contributed by atoms with van der Waals surface area (Å²) >= 11 is 1.69. The van der Waals surface area contributed by atoms with Gasteiger partial charge in [-0.3, -0.25) is 0 Å². The van der Waals surface area contributed by atoms with Gasteiger partial charge in [-0.1, -0.05) is 387 Å². The van der Waals surface area contributed by atoms with E-state index in [0.29, 0.717) is 3.12 Å². The van der Waals surface area contributed by atoms with E-state index in [-0.39, 0.29) is 0 Å². The second kappa shape index (κ2) is 89.1. The van der Waals surface area contributed by atoms with Crippen molar-refractivity contribution in [2.24, 2.45) is 0 Å². The van der Waals surface area contributed by atoms with Gasteiger partial charge in [0.15, 0.2) is 0 Å². The molecule has 0 N–H and O–H groups in total. The van der Waals surface area contributed by atoms with E-state index in [1.807, 2.05) is 0 Å². The van der Waals surface area contributed by atoms with Crippen LogP contribution < -0.4 is 0 Å². The molecule has 0 amide bonds. The Hall–Kier alpha value is 0.883. The van der Waals surface area contributed by atoms with Crippen molar-refractivity contribution in [3.63, 3.8) is 0 Å². The fourth-order valence-electron chi connectivity index (χ4n) is 16.3. The molecule has 0 spiro atoms. The fourth-order valence-corrected chi connectivity index (χ4v) is 18.1. The predicted molar refractivity (Wildman–Crippen MR) is 441 cm³/mol. The quantitative estimate of drug-likeness (QED) is 0.0421. The van der Waals surface area contributed by atoms with Gasteiger partial charge in [0.05, 0.1) is 0 Å². The first-order chi connectivity index (χ1) is 47.2. The van der Waals surface area contributed by atoms with Crippen LogP contribution in [-0.4, -0.2) is 24.7 Å². The Morgan fingerprint density at radius 1 is 0.105 bits per heavy atom. The smallest absolute Gasteiger partial charge is 0.0654 e. The molecule has 0 fully saturated rings. The van der Waals surface area contributed by atoms with E-state index in [1.165, 1.54) is 559 Å². The second-order valence-corrected chi connectivity index (χ2v) is 36.9. The molecule has 0 aromatic carbocycles. The molecule has 568 valence electrons. The average molecular weight is 1530 g/mol. The molecule has 0 aromatic rings. The van der Waals surface area contributed by atoms with Gasteiger partial charge in [0.25, 0.3) is 0 Å². The van der Waals surface area contributed by atoms with Gasteiger partial charge in [0.2, 0.25) is 0 Å². The van der Waals surface area contributed by atoms with Gasteiger partial charge in [0.1, 0.15) is 0 Å². The van der Waals surface area contributed by atoms with Crippen molar-refractivity contribution < 1.29 is 0 Å². The van der Waals surface area contributed by atoms with Crippen molar-refractivity contribution in [2.75, 3.05) is 0 Å². The van der Waals surface area contributed by atoms with E-state index < -0.39 is 0 Å². The second-order valence-electron chi connectivity index (χ2n) is 33.2. The molecule has 0 rings (SSSR count). The topological polar surface area (TPSA) is 0 Å². The van der Waals surface area contributed by atoms with Crippen LogP contribution >= 0.6 is 0 Å². The third kappa shape index (κ3) is 87.2. The minimum atomic E-state index is 0.712. The van der Waals surface area contributed by atoms with E-state index in [1.54, 1.807) is 44.0 Å². The summed E-state index contributed by atoms with van der Waals surface area (Å²) in [6.45, 7) is 6.97. The Morgan fingerprint density at radius 3 is 0.242 bits per heavy atom. The summed E-state index contributed by atoms with van der Waals surface area (Å²) in [5.74, 6) is 0. The molecule has 0 aromatic heterocycles. The van der Waals surface area contributed by atoms with Crippen LogP contribution in [0, 0.1) is 0 Å². The first-order valence-electron chi connectivity index (χ1n) is 46.9. The van der Waals surface area contributed by atoms with Gasteiger partial charge in [-0.2, -0.15) is 0 Å². The summed E-state index contributed by atoms with van der Waals surface area (Å²) in [4.78, 5) is 0. The Kier molecular flexibility index (Phi) is 89.9. The molecule has 0 aliphatic carbocycles. The predicted octanol–water partition coefficient (Wildman–Crippen LogP) is 36.5. The summed E-state index contributed by atoms with van der Waals surface area (Å²) in [7, 11) is 0.